The summed E-state index contributed by atoms with van der Waals surface area (Å²) in [5.41, 5.74) is -0.234. The van der Waals surface area contributed by atoms with E-state index in [9.17, 15) is 18.0 Å². The number of hydrogen-bond acceptors (Lipinski definition) is 4. The van der Waals surface area contributed by atoms with Crippen LogP contribution in [0.5, 0.6) is 0 Å². The molecule has 0 bridgehead atoms. The molecule has 1 heterocycles. The second-order valence-corrected chi connectivity index (χ2v) is 5.01. The first-order valence-electron chi connectivity index (χ1n) is 7.03. The van der Waals surface area contributed by atoms with Gasteiger partial charge < -0.3 is 5.11 Å². The van der Waals surface area contributed by atoms with Gasteiger partial charge in [0.05, 0.1) is 5.56 Å². The number of tetrazole rings is 1. The minimum atomic E-state index is -4.38. The number of aliphatic carboxylic acids is 1. The van der Waals surface area contributed by atoms with Crippen LogP contribution in [0.2, 0.25) is 0 Å². The number of nitrogens with zero attached hydrogens (tertiary/aromatic N) is 4. The number of rotatable bonds is 7. The van der Waals surface area contributed by atoms with Crippen LogP contribution in [0, 0.1) is 0 Å². The summed E-state index contributed by atoms with van der Waals surface area (Å²) < 4.78 is 39.2. The molecule has 1 aromatic carbocycles. The van der Waals surface area contributed by atoms with Gasteiger partial charge in [-0.25, -0.2) is 4.68 Å². The Bertz CT molecular complexity index is 653. The maximum atomic E-state index is 12.5. The minimum Gasteiger partial charge on any atom is -0.481 e. The van der Waals surface area contributed by atoms with E-state index >= 15 is 0 Å². The van der Waals surface area contributed by atoms with Gasteiger partial charge in [0.2, 0.25) is 0 Å². The minimum absolute atomic E-state index is 0.112. The number of carboxylic acids is 1. The highest BCUT2D eigenvalue weighted by molar-refractivity contribution is 5.66. The third-order valence-electron chi connectivity index (χ3n) is 3.26. The van der Waals surface area contributed by atoms with Crippen molar-refractivity contribution in [2.75, 3.05) is 0 Å². The summed E-state index contributed by atoms with van der Waals surface area (Å²) in [6.07, 6.45) is -2.31. The summed E-state index contributed by atoms with van der Waals surface area (Å²) in [5, 5.41) is 19.7. The van der Waals surface area contributed by atoms with Crippen LogP contribution in [0.4, 0.5) is 13.2 Å². The van der Waals surface area contributed by atoms with Gasteiger partial charge in [0.1, 0.15) is 0 Å². The SMILES string of the molecule is O=C(O)CCCCCn1nnnc1-c1ccc(C(F)(F)F)cc1. The summed E-state index contributed by atoms with van der Waals surface area (Å²) in [5.74, 6) is -0.449. The van der Waals surface area contributed by atoms with Crippen molar-refractivity contribution >= 4 is 5.97 Å². The number of carbonyl (C=O) groups is 1. The molecule has 23 heavy (non-hydrogen) atoms. The molecule has 124 valence electrons. The smallest absolute Gasteiger partial charge is 0.416 e. The second kappa shape index (κ2) is 7.21. The van der Waals surface area contributed by atoms with E-state index in [-0.39, 0.29) is 6.42 Å². The molecule has 0 aliphatic heterocycles. The Morgan fingerprint density at radius 3 is 2.43 bits per heavy atom. The van der Waals surface area contributed by atoms with E-state index in [0.717, 1.165) is 12.1 Å². The van der Waals surface area contributed by atoms with E-state index in [2.05, 4.69) is 15.5 Å². The highest BCUT2D eigenvalue weighted by Gasteiger charge is 2.30. The standard InChI is InChI=1S/C14H15F3N4O2/c15-14(16,17)11-7-5-10(6-8-11)13-18-19-20-21(13)9-3-1-2-4-12(22)23/h5-8H,1-4,9H2,(H,22,23). The summed E-state index contributed by atoms with van der Waals surface area (Å²) >= 11 is 0. The van der Waals surface area contributed by atoms with Gasteiger partial charge in [-0.15, -0.1) is 5.10 Å². The van der Waals surface area contributed by atoms with Crippen LogP contribution >= 0.6 is 0 Å². The molecule has 0 unspecified atom stereocenters. The molecule has 1 aromatic heterocycles. The van der Waals surface area contributed by atoms with Gasteiger partial charge in [-0.2, -0.15) is 13.2 Å². The molecular formula is C14H15F3N4O2. The van der Waals surface area contributed by atoms with Crippen molar-refractivity contribution in [2.45, 2.75) is 38.4 Å². The maximum absolute atomic E-state index is 12.5. The Hall–Kier alpha value is -2.45. The van der Waals surface area contributed by atoms with Crippen molar-refractivity contribution in [3.05, 3.63) is 29.8 Å². The van der Waals surface area contributed by atoms with E-state index in [1.807, 2.05) is 0 Å². The molecule has 0 spiro atoms. The molecule has 9 heteroatoms. The van der Waals surface area contributed by atoms with Gasteiger partial charge in [-0.3, -0.25) is 4.79 Å². The van der Waals surface area contributed by atoms with Gasteiger partial charge in [0.25, 0.3) is 0 Å². The first-order valence-corrected chi connectivity index (χ1v) is 7.03. The molecule has 0 atom stereocenters. The molecule has 0 saturated carbocycles. The van der Waals surface area contributed by atoms with E-state index in [1.165, 1.54) is 16.8 Å². The molecular weight excluding hydrogens is 313 g/mol. The monoisotopic (exact) mass is 328 g/mol. The molecule has 0 radical (unpaired) electrons. The topological polar surface area (TPSA) is 80.9 Å². The van der Waals surface area contributed by atoms with Crippen molar-refractivity contribution in [1.82, 2.24) is 20.2 Å². The quantitative estimate of drug-likeness (QED) is 0.790. The third-order valence-corrected chi connectivity index (χ3v) is 3.26. The number of halogens is 3. The third kappa shape index (κ3) is 4.76. The zero-order chi connectivity index (χ0) is 16.9. The number of alkyl halides is 3. The van der Waals surface area contributed by atoms with Crippen LogP contribution in [-0.2, 0) is 17.5 Å². The van der Waals surface area contributed by atoms with E-state index < -0.39 is 17.7 Å². The molecule has 6 nitrogen and oxygen atoms in total. The number of aromatic nitrogens is 4. The largest absolute Gasteiger partial charge is 0.481 e. The van der Waals surface area contributed by atoms with E-state index in [1.54, 1.807) is 0 Å². The molecule has 0 aliphatic carbocycles. The van der Waals surface area contributed by atoms with Crippen molar-refractivity contribution in [1.29, 1.82) is 0 Å². The van der Waals surface area contributed by atoms with Gasteiger partial charge in [0.15, 0.2) is 5.82 Å². The lowest BCUT2D eigenvalue weighted by molar-refractivity contribution is -0.138. The van der Waals surface area contributed by atoms with Crippen molar-refractivity contribution < 1.29 is 23.1 Å². The van der Waals surface area contributed by atoms with Crippen LogP contribution < -0.4 is 0 Å². The lowest BCUT2D eigenvalue weighted by Crippen LogP contribution is -2.06. The molecule has 2 aromatic rings. The van der Waals surface area contributed by atoms with Gasteiger partial charge in [-0.05, 0) is 35.4 Å². The molecule has 2 rings (SSSR count). The average molecular weight is 328 g/mol. The van der Waals surface area contributed by atoms with Crippen LogP contribution in [0.15, 0.2) is 24.3 Å². The first-order chi connectivity index (χ1) is 10.9. The van der Waals surface area contributed by atoms with Crippen LogP contribution in [0.25, 0.3) is 11.4 Å². The molecule has 1 N–H and O–H groups in total. The van der Waals surface area contributed by atoms with Gasteiger partial charge >= 0.3 is 12.1 Å². The predicted molar refractivity (Wildman–Crippen MR) is 74.4 cm³/mol. The first kappa shape index (κ1) is 16.9. The fraction of sp³-hybridized carbons (Fsp3) is 0.429. The van der Waals surface area contributed by atoms with Crippen LogP contribution in [0.1, 0.15) is 31.2 Å². The number of unbranched alkanes of at least 4 members (excludes halogenated alkanes) is 2. The lowest BCUT2D eigenvalue weighted by Gasteiger charge is -2.08. The number of benzene rings is 1. The maximum Gasteiger partial charge on any atom is 0.416 e. The Labute approximate surface area is 129 Å². The fourth-order valence-corrected chi connectivity index (χ4v) is 2.08. The Kier molecular flexibility index (Phi) is 5.30. The normalized spacial score (nSPS) is 11.6. The summed E-state index contributed by atoms with van der Waals surface area (Å²) in [6.45, 7) is 0.475. The van der Waals surface area contributed by atoms with Gasteiger partial charge in [-0.1, -0.05) is 18.6 Å². The number of carboxylic acid groups (broad SMARTS) is 1. The van der Waals surface area contributed by atoms with Crippen LogP contribution in [0.3, 0.4) is 0 Å². The van der Waals surface area contributed by atoms with Crippen molar-refractivity contribution in [3.8, 4) is 11.4 Å². The Morgan fingerprint density at radius 1 is 1.13 bits per heavy atom. The lowest BCUT2D eigenvalue weighted by atomic mass is 10.1. The highest BCUT2D eigenvalue weighted by atomic mass is 19.4. The number of aryl methyl sites for hydroxylation is 1. The van der Waals surface area contributed by atoms with Crippen molar-refractivity contribution in [2.24, 2.45) is 0 Å². The second-order valence-electron chi connectivity index (χ2n) is 5.01. The summed E-state index contributed by atoms with van der Waals surface area (Å²) in [7, 11) is 0. The molecule has 0 amide bonds. The zero-order valence-corrected chi connectivity index (χ0v) is 12.1. The Balaban J connectivity index is 1.99. The van der Waals surface area contributed by atoms with Crippen LogP contribution in [-0.4, -0.2) is 31.3 Å². The average Bonchev–Trinajstić information content (AvgIpc) is 2.94. The molecule has 0 aliphatic rings. The van der Waals surface area contributed by atoms with Crippen molar-refractivity contribution in [3.63, 3.8) is 0 Å². The highest BCUT2D eigenvalue weighted by Crippen LogP contribution is 2.30. The predicted octanol–water partition coefficient (Wildman–Crippen LogP) is 3.00. The summed E-state index contributed by atoms with van der Waals surface area (Å²) in [4.78, 5) is 10.4. The number of hydrogen-bond donors (Lipinski definition) is 1. The molecule has 0 fully saturated rings. The summed E-state index contributed by atoms with van der Waals surface area (Å²) in [6, 6.07) is 4.63. The fourth-order valence-electron chi connectivity index (χ4n) is 2.08. The van der Waals surface area contributed by atoms with E-state index in [4.69, 9.17) is 5.11 Å². The van der Waals surface area contributed by atoms with Gasteiger partial charge in [0, 0.05) is 18.5 Å². The van der Waals surface area contributed by atoms with E-state index in [0.29, 0.717) is 37.2 Å². The Morgan fingerprint density at radius 2 is 1.83 bits per heavy atom. The zero-order valence-electron chi connectivity index (χ0n) is 12.1. The molecule has 0 saturated heterocycles.